The zero-order valence-corrected chi connectivity index (χ0v) is 20.5. The summed E-state index contributed by atoms with van der Waals surface area (Å²) in [4.78, 5) is 13.8. The van der Waals surface area contributed by atoms with E-state index in [9.17, 15) is 17.6 Å². The Hall–Kier alpha value is -1.94. The van der Waals surface area contributed by atoms with Gasteiger partial charge in [0.2, 0.25) is 0 Å². The van der Waals surface area contributed by atoms with Gasteiger partial charge >= 0.3 is 0 Å². The van der Waals surface area contributed by atoms with Crippen molar-refractivity contribution in [1.82, 2.24) is 0 Å². The summed E-state index contributed by atoms with van der Waals surface area (Å²) in [7, 11) is -3.65. The van der Waals surface area contributed by atoms with Crippen molar-refractivity contribution < 1.29 is 17.6 Å². The molecule has 0 atom stereocenters. The second-order valence-corrected chi connectivity index (χ2v) is 11.5. The number of carbonyl (C=O) groups excluding carboxylic acids is 1. The lowest BCUT2D eigenvalue weighted by Crippen LogP contribution is -2.18. The van der Waals surface area contributed by atoms with Crippen LogP contribution in [-0.4, -0.2) is 14.3 Å². The first kappa shape index (κ1) is 22.3. The van der Waals surface area contributed by atoms with Crippen LogP contribution in [0.25, 0.3) is 6.08 Å². The lowest BCUT2D eigenvalue weighted by molar-refractivity contribution is -0.112. The Morgan fingerprint density at radius 2 is 1.68 bits per heavy atom. The van der Waals surface area contributed by atoms with E-state index in [2.05, 4.69) is 37.2 Å². The van der Waals surface area contributed by atoms with Gasteiger partial charge in [-0.25, -0.2) is 12.8 Å². The predicted molar refractivity (Wildman–Crippen MR) is 128 cm³/mol. The number of halogens is 3. The van der Waals surface area contributed by atoms with Gasteiger partial charge < -0.3 is 5.32 Å². The lowest BCUT2D eigenvalue weighted by Gasteiger charge is -2.19. The maximum Gasteiger partial charge on any atom is 0.262 e. The van der Waals surface area contributed by atoms with Gasteiger partial charge in [0.1, 0.15) is 5.82 Å². The number of benzene rings is 3. The minimum absolute atomic E-state index is 0.126. The van der Waals surface area contributed by atoms with Crippen LogP contribution in [0.2, 0.25) is 0 Å². The second-order valence-electron chi connectivity index (χ2n) is 6.73. The molecule has 0 spiro atoms. The summed E-state index contributed by atoms with van der Waals surface area (Å²) < 4.78 is 40.5. The number of amides is 1. The van der Waals surface area contributed by atoms with Gasteiger partial charge in [0, 0.05) is 13.8 Å². The summed E-state index contributed by atoms with van der Waals surface area (Å²) in [5, 5.41) is 2.76. The van der Waals surface area contributed by atoms with Gasteiger partial charge in [-0.15, -0.1) is 0 Å². The molecule has 1 aliphatic rings. The zero-order valence-electron chi connectivity index (χ0n) is 15.7. The van der Waals surface area contributed by atoms with Crippen LogP contribution in [0.1, 0.15) is 11.1 Å². The molecule has 158 valence electrons. The molecule has 0 aromatic heterocycles. The largest absolute Gasteiger partial charge is 0.320 e. The van der Waals surface area contributed by atoms with Crippen molar-refractivity contribution in [3.63, 3.8) is 0 Å². The second kappa shape index (κ2) is 8.90. The number of hydrogen-bond acceptors (Lipinski definition) is 4. The van der Waals surface area contributed by atoms with E-state index in [1.807, 2.05) is 6.07 Å². The van der Waals surface area contributed by atoms with Crippen molar-refractivity contribution in [3.8, 4) is 0 Å². The van der Waals surface area contributed by atoms with Gasteiger partial charge in [-0.05, 0) is 59.7 Å². The Kier molecular flexibility index (Phi) is 6.39. The van der Waals surface area contributed by atoms with Gasteiger partial charge in [-0.2, -0.15) is 0 Å². The molecule has 0 aliphatic carbocycles. The molecule has 1 N–H and O–H groups in total. The van der Waals surface area contributed by atoms with Crippen LogP contribution in [0.4, 0.5) is 10.1 Å². The number of rotatable bonds is 4. The summed E-state index contributed by atoms with van der Waals surface area (Å²) in [6.45, 7) is 0. The first-order valence-corrected chi connectivity index (χ1v) is 13.0. The normalized spacial score (nSPS) is 14.9. The molecule has 0 radical (unpaired) electrons. The Morgan fingerprint density at radius 1 is 1.00 bits per heavy atom. The van der Waals surface area contributed by atoms with E-state index in [1.165, 1.54) is 30.0 Å². The molecule has 4 rings (SSSR count). The molecular formula is C22H14Br2FNO3S2. The molecule has 0 saturated carbocycles. The molecule has 4 nitrogen and oxygen atoms in total. The van der Waals surface area contributed by atoms with E-state index < -0.39 is 9.84 Å². The smallest absolute Gasteiger partial charge is 0.262 e. The first-order chi connectivity index (χ1) is 14.7. The van der Waals surface area contributed by atoms with Gasteiger partial charge in [-0.3, -0.25) is 4.79 Å². The van der Waals surface area contributed by atoms with Gasteiger partial charge in [0.05, 0.1) is 21.2 Å². The van der Waals surface area contributed by atoms with Crippen molar-refractivity contribution in [2.75, 3.05) is 5.32 Å². The average Bonchev–Trinajstić information content (AvgIpc) is 2.72. The maximum absolute atomic E-state index is 13.1. The fourth-order valence-electron chi connectivity index (χ4n) is 2.99. The fraction of sp³-hybridized carbons (Fsp3) is 0.0455. The molecule has 0 unspecified atom stereocenters. The number of sulfone groups is 1. The highest BCUT2D eigenvalue weighted by atomic mass is 79.9. The van der Waals surface area contributed by atoms with Gasteiger partial charge in [0.15, 0.2) is 9.84 Å². The van der Waals surface area contributed by atoms with Crippen LogP contribution < -0.4 is 5.32 Å². The number of fused-ring (bicyclic) bond motifs is 1. The fourth-order valence-corrected chi connectivity index (χ4v) is 7.00. The van der Waals surface area contributed by atoms with Crippen LogP contribution in [0.3, 0.4) is 0 Å². The van der Waals surface area contributed by atoms with Crippen LogP contribution in [0.15, 0.2) is 84.3 Å². The summed E-state index contributed by atoms with van der Waals surface area (Å²) in [6.07, 6.45) is 1.66. The summed E-state index contributed by atoms with van der Waals surface area (Å²) in [6, 6.07) is 15.9. The van der Waals surface area contributed by atoms with Gasteiger partial charge in [0.25, 0.3) is 5.91 Å². The molecule has 0 saturated heterocycles. The van der Waals surface area contributed by atoms with Crippen molar-refractivity contribution in [2.45, 2.75) is 15.5 Å². The quantitative estimate of drug-likeness (QED) is 0.361. The van der Waals surface area contributed by atoms with E-state index in [1.54, 1.807) is 42.5 Å². The number of anilines is 1. The van der Waals surface area contributed by atoms with Crippen LogP contribution >= 0.6 is 43.6 Å². The standard InChI is InChI=1S/C22H14Br2FNO3S2/c23-17-2-1-3-18(24)16(17)12-31(28,29)15-8-9-20-19(11-15)26-22(27)21(30-20)10-13-4-6-14(25)7-5-13/h1-11H,12H2,(H,26,27)/b21-10+. The van der Waals surface area contributed by atoms with E-state index >= 15 is 0 Å². The molecular weight excluding hydrogens is 569 g/mol. The molecule has 0 fully saturated rings. The Morgan fingerprint density at radius 3 is 2.35 bits per heavy atom. The van der Waals surface area contributed by atoms with E-state index in [0.29, 0.717) is 30.7 Å². The molecule has 1 heterocycles. The molecule has 1 amide bonds. The molecule has 1 aliphatic heterocycles. The van der Waals surface area contributed by atoms with Crippen molar-refractivity contribution >= 4 is 71.1 Å². The van der Waals surface area contributed by atoms with Crippen molar-refractivity contribution in [2.24, 2.45) is 0 Å². The summed E-state index contributed by atoms with van der Waals surface area (Å²) >= 11 is 8.03. The summed E-state index contributed by atoms with van der Waals surface area (Å²) in [5.41, 5.74) is 1.77. The van der Waals surface area contributed by atoms with Crippen molar-refractivity contribution in [1.29, 1.82) is 0 Å². The number of hydrogen-bond donors (Lipinski definition) is 1. The van der Waals surface area contributed by atoms with E-state index in [-0.39, 0.29) is 22.4 Å². The minimum atomic E-state index is -3.65. The van der Waals surface area contributed by atoms with Crippen LogP contribution in [-0.2, 0) is 20.4 Å². The van der Waals surface area contributed by atoms with Gasteiger partial charge in [-0.1, -0.05) is 61.8 Å². The summed E-state index contributed by atoms with van der Waals surface area (Å²) in [5.74, 6) is -0.883. The molecule has 3 aromatic rings. The number of carbonyl (C=O) groups is 1. The SMILES string of the molecule is O=C1Nc2cc(S(=O)(=O)Cc3c(Br)cccc3Br)ccc2S/C1=C/c1ccc(F)cc1. The highest BCUT2D eigenvalue weighted by Crippen LogP contribution is 2.40. The average molecular weight is 583 g/mol. The third-order valence-corrected chi connectivity index (χ3v) is 8.79. The highest BCUT2D eigenvalue weighted by molar-refractivity contribution is 9.11. The van der Waals surface area contributed by atoms with Crippen molar-refractivity contribution in [3.05, 3.63) is 91.5 Å². The van der Waals surface area contributed by atoms with Crippen LogP contribution in [0, 0.1) is 5.82 Å². The van der Waals surface area contributed by atoms with E-state index in [4.69, 9.17) is 0 Å². The topological polar surface area (TPSA) is 63.2 Å². The van der Waals surface area contributed by atoms with Crippen LogP contribution in [0.5, 0.6) is 0 Å². The minimum Gasteiger partial charge on any atom is -0.320 e. The Labute approximate surface area is 200 Å². The lowest BCUT2D eigenvalue weighted by atomic mass is 10.2. The number of thioether (sulfide) groups is 1. The Bertz CT molecular complexity index is 1300. The number of nitrogens with one attached hydrogen (secondary N) is 1. The molecule has 31 heavy (non-hydrogen) atoms. The Balaban J connectivity index is 1.62. The first-order valence-electron chi connectivity index (χ1n) is 8.99. The molecule has 9 heteroatoms. The maximum atomic E-state index is 13.1. The molecule has 3 aromatic carbocycles. The third kappa shape index (κ3) is 4.95. The monoisotopic (exact) mass is 581 g/mol. The third-order valence-electron chi connectivity index (χ3n) is 4.57. The van der Waals surface area contributed by atoms with E-state index in [0.717, 1.165) is 4.90 Å². The highest BCUT2D eigenvalue weighted by Gasteiger charge is 2.25. The zero-order chi connectivity index (χ0) is 22.2. The molecule has 0 bridgehead atoms. The predicted octanol–water partition coefficient (Wildman–Crippen LogP) is 6.41.